The molecular weight excluding hydrogens is 260 g/mol. The molecule has 0 aromatic heterocycles. The molecule has 0 atom stereocenters. The third kappa shape index (κ3) is 16.9. The summed E-state index contributed by atoms with van der Waals surface area (Å²) in [4.78, 5) is 10.9. The van der Waals surface area contributed by atoms with Gasteiger partial charge in [-0.2, -0.15) is 0 Å². The Bertz CT molecular complexity index is 279. The van der Waals surface area contributed by atoms with E-state index in [1.165, 1.54) is 64.9 Å². The fourth-order valence-corrected chi connectivity index (χ4v) is 2.13. The smallest absolute Gasteiger partial charge is 0.305 e. The summed E-state index contributed by atoms with van der Waals surface area (Å²) in [6.07, 6.45) is 23.0. The molecule has 0 aromatic rings. The quantitative estimate of drug-likeness (QED) is 0.224. The molecule has 0 unspecified atom stereocenters. The summed E-state index contributed by atoms with van der Waals surface area (Å²) in [6, 6.07) is 0. The van der Waals surface area contributed by atoms with Gasteiger partial charge in [-0.05, 0) is 44.9 Å². The van der Waals surface area contributed by atoms with E-state index >= 15 is 0 Å². The van der Waals surface area contributed by atoms with Crippen LogP contribution in [0, 0.1) is 0 Å². The van der Waals surface area contributed by atoms with E-state index in [1.807, 2.05) is 0 Å². The van der Waals surface area contributed by atoms with Crippen LogP contribution in [-0.2, 0) is 9.53 Å². The van der Waals surface area contributed by atoms with Gasteiger partial charge in [0.25, 0.3) is 0 Å². The van der Waals surface area contributed by atoms with E-state index in [-0.39, 0.29) is 5.97 Å². The number of carbonyl (C=O) groups excluding carboxylic acids is 1. The summed E-state index contributed by atoms with van der Waals surface area (Å²) >= 11 is 0. The largest absolute Gasteiger partial charge is 0.469 e. The average molecular weight is 294 g/mol. The van der Waals surface area contributed by atoms with Gasteiger partial charge >= 0.3 is 5.97 Å². The minimum atomic E-state index is -0.0846. The zero-order valence-electron chi connectivity index (χ0n) is 14.1. The van der Waals surface area contributed by atoms with Crippen LogP contribution in [0.4, 0.5) is 0 Å². The summed E-state index contributed by atoms with van der Waals surface area (Å²) in [6.45, 7) is 2.23. The zero-order chi connectivity index (χ0) is 15.6. The maximum atomic E-state index is 10.9. The molecule has 0 aliphatic carbocycles. The maximum absolute atomic E-state index is 10.9. The topological polar surface area (TPSA) is 26.3 Å². The Morgan fingerprint density at radius 2 is 1.29 bits per heavy atom. The van der Waals surface area contributed by atoms with Crippen LogP contribution in [0.3, 0.4) is 0 Å². The van der Waals surface area contributed by atoms with Crippen LogP contribution in [0.25, 0.3) is 0 Å². The van der Waals surface area contributed by atoms with Crippen molar-refractivity contribution in [1.29, 1.82) is 0 Å². The van der Waals surface area contributed by atoms with Crippen molar-refractivity contribution in [3.05, 3.63) is 24.3 Å². The van der Waals surface area contributed by atoms with Crippen molar-refractivity contribution >= 4 is 5.97 Å². The predicted octanol–water partition coefficient (Wildman–Crippen LogP) is 5.97. The summed E-state index contributed by atoms with van der Waals surface area (Å²) in [5, 5.41) is 0. The van der Waals surface area contributed by atoms with Crippen LogP contribution in [0.5, 0.6) is 0 Å². The van der Waals surface area contributed by atoms with Gasteiger partial charge in [0.05, 0.1) is 7.11 Å². The third-order valence-electron chi connectivity index (χ3n) is 3.53. The van der Waals surface area contributed by atoms with Gasteiger partial charge in [-0.25, -0.2) is 0 Å². The van der Waals surface area contributed by atoms with Crippen molar-refractivity contribution in [1.82, 2.24) is 0 Å². The number of rotatable bonds is 14. The molecule has 0 aliphatic rings. The molecule has 0 aromatic carbocycles. The lowest BCUT2D eigenvalue weighted by atomic mass is 10.1. The van der Waals surface area contributed by atoms with Gasteiger partial charge in [0, 0.05) is 6.42 Å². The lowest BCUT2D eigenvalue weighted by molar-refractivity contribution is -0.140. The van der Waals surface area contributed by atoms with E-state index in [0.717, 1.165) is 12.8 Å². The van der Waals surface area contributed by atoms with Crippen molar-refractivity contribution in [2.45, 2.75) is 84.0 Å². The number of unbranched alkanes of at least 4 members (excludes halogenated alkanes) is 8. The number of hydrogen-bond donors (Lipinski definition) is 0. The number of carbonyl (C=O) groups is 1. The molecular formula is C19H34O2. The highest BCUT2D eigenvalue weighted by Gasteiger charge is 1.98. The van der Waals surface area contributed by atoms with Crippen LogP contribution in [0.15, 0.2) is 24.3 Å². The van der Waals surface area contributed by atoms with E-state index in [2.05, 4.69) is 36.0 Å². The second-order valence-corrected chi connectivity index (χ2v) is 5.54. The molecule has 0 spiro atoms. The molecule has 0 saturated carbocycles. The van der Waals surface area contributed by atoms with E-state index in [9.17, 15) is 4.79 Å². The fraction of sp³-hybridized carbons (Fsp3) is 0.737. The fourth-order valence-electron chi connectivity index (χ4n) is 2.13. The van der Waals surface area contributed by atoms with E-state index < -0.39 is 0 Å². The highest BCUT2D eigenvalue weighted by atomic mass is 16.5. The third-order valence-corrected chi connectivity index (χ3v) is 3.53. The van der Waals surface area contributed by atoms with Gasteiger partial charge in [-0.15, -0.1) is 0 Å². The SMILES string of the molecule is CCCCC=CCCCC=CCCCCCCC(=O)OC. The highest BCUT2D eigenvalue weighted by molar-refractivity contribution is 5.68. The first-order chi connectivity index (χ1) is 10.3. The molecule has 0 heterocycles. The first-order valence-corrected chi connectivity index (χ1v) is 8.68. The van der Waals surface area contributed by atoms with Gasteiger partial charge in [-0.3, -0.25) is 4.79 Å². The molecule has 0 aliphatic heterocycles. The van der Waals surface area contributed by atoms with Crippen LogP contribution in [0.2, 0.25) is 0 Å². The molecule has 0 saturated heterocycles. The Kier molecular flexibility index (Phi) is 16.2. The van der Waals surface area contributed by atoms with Gasteiger partial charge < -0.3 is 4.74 Å². The Morgan fingerprint density at radius 3 is 1.86 bits per heavy atom. The lowest BCUT2D eigenvalue weighted by Crippen LogP contribution is -1.98. The zero-order valence-corrected chi connectivity index (χ0v) is 14.1. The Balaban J connectivity index is 3.19. The average Bonchev–Trinajstić information content (AvgIpc) is 2.50. The van der Waals surface area contributed by atoms with Crippen LogP contribution >= 0.6 is 0 Å². The first kappa shape index (κ1) is 19.9. The van der Waals surface area contributed by atoms with E-state index in [1.54, 1.807) is 0 Å². The summed E-state index contributed by atoms with van der Waals surface area (Å²) < 4.78 is 4.61. The maximum Gasteiger partial charge on any atom is 0.305 e. The molecule has 0 bridgehead atoms. The minimum Gasteiger partial charge on any atom is -0.469 e. The van der Waals surface area contributed by atoms with E-state index in [0.29, 0.717) is 6.42 Å². The molecule has 0 fully saturated rings. The standard InChI is InChI=1S/C19H34O2/c1-3-4-5-6-7-8-9-10-11-12-13-14-15-16-17-18-19(20)21-2/h6-7,11-12H,3-5,8-10,13-18H2,1-2H3. The molecule has 21 heavy (non-hydrogen) atoms. The van der Waals surface area contributed by atoms with Crippen molar-refractivity contribution in [3.8, 4) is 0 Å². The van der Waals surface area contributed by atoms with Gasteiger partial charge in [-0.1, -0.05) is 56.9 Å². The second-order valence-electron chi connectivity index (χ2n) is 5.54. The van der Waals surface area contributed by atoms with Gasteiger partial charge in [0.15, 0.2) is 0 Å². The monoisotopic (exact) mass is 294 g/mol. The van der Waals surface area contributed by atoms with E-state index in [4.69, 9.17) is 0 Å². The molecule has 0 N–H and O–H groups in total. The Labute approximate surface area is 131 Å². The van der Waals surface area contributed by atoms with Crippen molar-refractivity contribution in [2.75, 3.05) is 7.11 Å². The summed E-state index contributed by atoms with van der Waals surface area (Å²) in [7, 11) is 1.45. The van der Waals surface area contributed by atoms with Crippen molar-refractivity contribution < 1.29 is 9.53 Å². The molecule has 0 radical (unpaired) electrons. The van der Waals surface area contributed by atoms with Crippen molar-refractivity contribution in [3.63, 3.8) is 0 Å². The van der Waals surface area contributed by atoms with Gasteiger partial charge in [0.2, 0.25) is 0 Å². The number of methoxy groups -OCH3 is 1. The minimum absolute atomic E-state index is 0.0846. The van der Waals surface area contributed by atoms with Crippen molar-refractivity contribution in [2.24, 2.45) is 0 Å². The number of esters is 1. The molecule has 2 nitrogen and oxygen atoms in total. The Morgan fingerprint density at radius 1 is 0.762 bits per heavy atom. The second kappa shape index (κ2) is 17.0. The predicted molar refractivity (Wildman–Crippen MR) is 91.4 cm³/mol. The molecule has 2 heteroatoms. The molecule has 0 rings (SSSR count). The Hall–Kier alpha value is -1.05. The van der Waals surface area contributed by atoms with Gasteiger partial charge in [0.1, 0.15) is 0 Å². The number of hydrogen-bond acceptors (Lipinski definition) is 2. The molecule has 0 amide bonds. The molecule has 122 valence electrons. The normalized spacial score (nSPS) is 11.5. The number of allylic oxidation sites excluding steroid dienone is 4. The summed E-state index contributed by atoms with van der Waals surface area (Å²) in [5.41, 5.74) is 0. The number of ether oxygens (including phenoxy) is 1. The lowest BCUT2D eigenvalue weighted by Gasteiger charge is -1.99. The van der Waals surface area contributed by atoms with Crippen LogP contribution in [-0.4, -0.2) is 13.1 Å². The van der Waals surface area contributed by atoms with Crippen LogP contribution in [0.1, 0.15) is 84.0 Å². The highest BCUT2D eigenvalue weighted by Crippen LogP contribution is 2.07. The van der Waals surface area contributed by atoms with Crippen LogP contribution < -0.4 is 0 Å². The first-order valence-electron chi connectivity index (χ1n) is 8.68. The summed E-state index contributed by atoms with van der Waals surface area (Å²) in [5.74, 6) is -0.0846.